The predicted octanol–water partition coefficient (Wildman–Crippen LogP) is 2.30. The van der Waals surface area contributed by atoms with Gasteiger partial charge < -0.3 is 4.74 Å². The number of carbonyl (C=O) groups is 1. The molecule has 2 aliphatic carbocycles. The normalized spacial score (nSPS) is 36.2. The highest BCUT2D eigenvalue weighted by atomic mass is 16.5. The standard InChI is InChI=1S/C11H16O2/c1-8(10(12)13-2)11-5-3-9(7-11)4-6-11/h9H,1,3-7H2,2H3. The van der Waals surface area contributed by atoms with Crippen molar-refractivity contribution in [2.24, 2.45) is 11.3 Å². The molecular weight excluding hydrogens is 164 g/mol. The second-order valence-corrected chi connectivity index (χ2v) is 4.40. The van der Waals surface area contributed by atoms with Crippen LogP contribution in [0.3, 0.4) is 0 Å². The van der Waals surface area contributed by atoms with Crippen LogP contribution in [-0.4, -0.2) is 13.1 Å². The average Bonchev–Trinajstić information content (AvgIpc) is 2.76. The molecular formula is C11H16O2. The number of fused-ring (bicyclic) bond motifs is 2. The number of hydrogen-bond donors (Lipinski definition) is 0. The molecule has 0 aromatic heterocycles. The lowest BCUT2D eigenvalue weighted by molar-refractivity contribution is -0.137. The zero-order chi connectivity index (χ0) is 9.47. The van der Waals surface area contributed by atoms with Gasteiger partial charge in [-0.05, 0) is 38.0 Å². The van der Waals surface area contributed by atoms with E-state index in [0.29, 0.717) is 0 Å². The van der Waals surface area contributed by atoms with Crippen LogP contribution in [0.4, 0.5) is 0 Å². The van der Waals surface area contributed by atoms with Crippen LogP contribution >= 0.6 is 0 Å². The van der Waals surface area contributed by atoms with Gasteiger partial charge in [0.15, 0.2) is 0 Å². The van der Waals surface area contributed by atoms with Crippen molar-refractivity contribution < 1.29 is 9.53 Å². The third kappa shape index (κ3) is 1.19. The number of rotatable bonds is 2. The summed E-state index contributed by atoms with van der Waals surface area (Å²) >= 11 is 0. The lowest BCUT2D eigenvalue weighted by atomic mass is 9.78. The van der Waals surface area contributed by atoms with E-state index < -0.39 is 0 Å². The first-order valence-corrected chi connectivity index (χ1v) is 4.96. The van der Waals surface area contributed by atoms with Gasteiger partial charge >= 0.3 is 5.97 Å². The summed E-state index contributed by atoms with van der Waals surface area (Å²) in [5.41, 5.74) is 0.840. The average molecular weight is 180 g/mol. The molecule has 2 fully saturated rings. The Balaban J connectivity index is 2.15. The van der Waals surface area contributed by atoms with Crippen molar-refractivity contribution in [3.8, 4) is 0 Å². The molecule has 13 heavy (non-hydrogen) atoms. The van der Waals surface area contributed by atoms with E-state index in [2.05, 4.69) is 6.58 Å². The molecule has 0 aromatic rings. The van der Waals surface area contributed by atoms with Crippen LogP contribution in [0, 0.1) is 11.3 Å². The van der Waals surface area contributed by atoms with E-state index in [4.69, 9.17) is 4.74 Å². The first-order valence-electron chi connectivity index (χ1n) is 4.96. The Bertz CT molecular complexity index is 247. The summed E-state index contributed by atoms with van der Waals surface area (Å²) < 4.78 is 4.73. The molecule has 2 nitrogen and oxygen atoms in total. The predicted molar refractivity (Wildman–Crippen MR) is 50.2 cm³/mol. The smallest absolute Gasteiger partial charge is 0.333 e. The van der Waals surface area contributed by atoms with Crippen LogP contribution in [0.2, 0.25) is 0 Å². The summed E-state index contributed by atoms with van der Waals surface area (Å²) in [5, 5.41) is 0. The van der Waals surface area contributed by atoms with E-state index in [1.54, 1.807) is 0 Å². The van der Waals surface area contributed by atoms with Crippen molar-refractivity contribution in [1.82, 2.24) is 0 Å². The summed E-state index contributed by atoms with van der Waals surface area (Å²) in [4.78, 5) is 11.4. The Morgan fingerprint density at radius 3 is 2.46 bits per heavy atom. The number of ether oxygens (including phenoxy) is 1. The number of carbonyl (C=O) groups excluding carboxylic acids is 1. The van der Waals surface area contributed by atoms with Crippen molar-refractivity contribution in [3.05, 3.63) is 12.2 Å². The second kappa shape index (κ2) is 2.86. The molecule has 2 saturated carbocycles. The number of esters is 1. The van der Waals surface area contributed by atoms with Crippen LogP contribution in [-0.2, 0) is 9.53 Å². The van der Waals surface area contributed by atoms with Gasteiger partial charge in [-0.15, -0.1) is 0 Å². The zero-order valence-corrected chi connectivity index (χ0v) is 8.14. The van der Waals surface area contributed by atoms with Gasteiger partial charge in [0.25, 0.3) is 0 Å². The molecule has 0 heterocycles. The van der Waals surface area contributed by atoms with Crippen LogP contribution in [0.5, 0.6) is 0 Å². The third-order valence-corrected chi connectivity index (χ3v) is 3.81. The summed E-state index contributed by atoms with van der Waals surface area (Å²) in [6, 6.07) is 0. The monoisotopic (exact) mass is 180 g/mol. The van der Waals surface area contributed by atoms with E-state index in [1.165, 1.54) is 26.4 Å². The van der Waals surface area contributed by atoms with Gasteiger partial charge in [-0.25, -0.2) is 4.79 Å². The Morgan fingerprint density at radius 2 is 2.08 bits per heavy atom. The Labute approximate surface area is 79.0 Å². The summed E-state index contributed by atoms with van der Waals surface area (Å²) in [6.07, 6.45) is 6.00. The molecule has 0 aromatic carbocycles. The Hall–Kier alpha value is -0.790. The van der Waals surface area contributed by atoms with Gasteiger partial charge in [0.2, 0.25) is 0 Å². The summed E-state index contributed by atoms with van der Waals surface area (Å²) in [7, 11) is 1.44. The zero-order valence-electron chi connectivity index (χ0n) is 8.14. The van der Waals surface area contributed by atoms with Gasteiger partial charge in [0, 0.05) is 11.0 Å². The first-order chi connectivity index (χ1) is 6.18. The molecule has 0 radical (unpaired) electrons. The maximum atomic E-state index is 11.4. The lowest BCUT2D eigenvalue weighted by Gasteiger charge is -2.27. The summed E-state index contributed by atoms with van der Waals surface area (Å²) in [6.45, 7) is 3.90. The highest BCUT2D eigenvalue weighted by Gasteiger charge is 2.48. The number of hydrogen-bond acceptors (Lipinski definition) is 2. The van der Waals surface area contributed by atoms with Gasteiger partial charge in [-0.2, -0.15) is 0 Å². The quantitative estimate of drug-likeness (QED) is 0.481. The van der Waals surface area contributed by atoms with Crippen LogP contribution in [0.25, 0.3) is 0 Å². The first kappa shape index (κ1) is 8.79. The molecule has 0 N–H and O–H groups in total. The van der Waals surface area contributed by atoms with E-state index in [0.717, 1.165) is 24.3 Å². The molecule has 0 atom stereocenters. The molecule has 2 bridgehead atoms. The molecule has 0 unspecified atom stereocenters. The highest BCUT2D eigenvalue weighted by molar-refractivity contribution is 5.89. The molecule has 2 heteroatoms. The molecule has 2 rings (SSSR count). The largest absolute Gasteiger partial charge is 0.466 e. The summed E-state index contributed by atoms with van der Waals surface area (Å²) in [5.74, 6) is 0.643. The van der Waals surface area contributed by atoms with Crippen molar-refractivity contribution in [3.63, 3.8) is 0 Å². The molecule has 0 saturated heterocycles. The van der Waals surface area contributed by atoms with E-state index in [1.807, 2.05) is 0 Å². The van der Waals surface area contributed by atoms with Crippen molar-refractivity contribution in [1.29, 1.82) is 0 Å². The van der Waals surface area contributed by atoms with Crippen LogP contribution < -0.4 is 0 Å². The third-order valence-electron chi connectivity index (χ3n) is 3.81. The maximum Gasteiger partial charge on any atom is 0.333 e. The van der Waals surface area contributed by atoms with Crippen LogP contribution in [0.1, 0.15) is 32.1 Å². The fraction of sp³-hybridized carbons (Fsp3) is 0.727. The minimum Gasteiger partial charge on any atom is -0.466 e. The van der Waals surface area contributed by atoms with E-state index in [9.17, 15) is 4.79 Å². The minimum absolute atomic E-state index is 0.123. The number of methoxy groups -OCH3 is 1. The maximum absolute atomic E-state index is 11.4. The highest BCUT2D eigenvalue weighted by Crippen LogP contribution is 2.57. The van der Waals surface area contributed by atoms with Gasteiger partial charge in [-0.1, -0.05) is 6.58 Å². The topological polar surface area (TPSA) is 26.3 Å². The van der Waals surface area contributed by atoms with Gasteiger partial charge in [0.1, 0.15) is 0 Å². The van der Waals surface area contributed by atoms with Crippen LogP contribution in [0.15, 0.2) is 12.2 Å². The Kier molecular flexibility index (Phi) is 1.94. The molecule has 0 amide bonds. The molecule has 0 spiro atoms. The molecule has 72 valence electrons. The SMILES string of the molecule is C=C(C(=O)OC)C12CCC(CC1)C2. The van der Waals surface area contributed by atoms with Gasteiger partial charge in [-0.3, -0.25) is 0 Å². The van der Waals surface area contributed by atoms with Crippen molar-refractivity contribution in [2.45, 2.75) is 32.1 Å². The molecule has 0 aliphatic heterocycles. The van der Waals surface area contributed by atoms with E-state index >= 15 is 0 Å². The van der Waals surface area contributed by atoms with E-state index in [-0.39, 0.29) is 11.4 Å². The van der Waals surface area contributed by atoms with Crippen molar-refractivity contribution in [2.75, 3.05) is 7.11 Å². The Morgan fingerprint density at radius 1 is 1.46 bits per heavy atom. The molecule has 2 aliphatic rings. The van der Waals surface area contributed by atoms with Gasteiger partial charge in [0.05, 0.1) is 7.11 Å². The minimum atomic E-state index is -0.206. The lowest BCUT2D eigenvalue weighted by Crippen LogP contribution is -2.23. The second-order valence-electron chi connectivity index (χ2n) is 4.40. The fourth-order valence-corrected chi connectivity index (χ4v) is 2.96. The fourth-order valence-electron chi connectivity index (χ4n) is 2.96. The van der Waals surface area contributed by atoms with Crippen molar-refractivity contribution >= 4 is 5.97 Å².